The van der Waals surface area contributed by atoms with Crippen molar-refractivity contribution in [2.75, 3.05) is 0 Å². The van der Waals surface area contributed by atoms with Gasteiger partial charge in [0.05, 0.1) is 6.26 Å². The second-order valence-corrected chi connectivity index (χ2v) is 2.43. The molecule has 0 amide bonds. The Kier molecular flexibility index (Phi) is 2.42. The molecule has 0 spiro atoms. The van der Waals surface area contributed by atoms with Gasteiger partial charge in [0, 0.05) is 6.42 Å². The Bertz CT molecular complexity index is 229. The van der Waals surface area contributed by atoms with Crippen molar-refractivity contribution in [3.63, 3.8) is 0 Å². The van der Waals surface area contributed by atoms with Gasteiger partial charge in [-0.1, -0.05) is 0 Å². The highest BCUT2D eigenvalue weighted by molar-refractivity contribution is 5.01. The van der Waals surface area contributed by atoms with Gasteiger partial charge in [0.1, 0.15) is 11.8 Å². The third-order valence-corrected chi connectivity index (χ3v) is 1.42. The summed E-state index contributed by atoms with van der Waals surface area (Å²) in [5.41, 5.74) is 4.86. The van der Waals surface area contributed by atoms with Crippen LogP contribution in [-0.4, -0.2) is 12.2 Å². The average Bonchev–Trinajstić information content (AvgIpc) is 2.37. The van der Waals surface area contributed by atoms with Crippen molar-refractivity contribution in [2.45, 2.75) is 18.6 Å². The summed E-state index contributed by atoms with van der Waals surface area (Å²) in [7, 11) is 0. The smallest absolute Gasteiger partial charge is 0.404 e. The van der Waals surface area contributed by atoms with Gasteiger partial charge in [-0.2, -0.15) is 13.2 Å². The largest absolute Gasteiger partial charge is 0.469 e. The Morgan fingerprint density at radius 3 is 2.58 bits per heavy atom. The number of hydrogen-bond donors (Lipinski definition) is 1. The molecule has 12 heavy (non-hydrogen) atoms. The quantitative estimate of drug-likeness (QED) is 0.750. The lowest BCUT2D eigenvalue weighted by Gasteiger charge is -2.13. The minimum absolute atomic E-state index is 0.250. The van der Waals surface area contributed by atoms with Gasteiger partial charge in [0.15, 0.2) is 0 Å². The minimum Gasteiger partial charge on any atom is -0.469 e. The van der Waals surface area contributed by atoms with Crippen LogP contribution >= 0.6 is 0 Å². The maximum atomic E-state index is 11.9. The van der Waals surface area contributed by atoms with Gasteiger partial charge >= 0.3 is 6.18 Å². The first-order valence-electron chi connectivity index (χ1n) is 3.35. The van der Waals surface area contributed by atoms with E-state index in [1.165, 1.54) is 18.4 Å². The van der Waals surface area contributed by atoms with Crippen LogP contribution in [0.5, 0.6) is 0 Å². The summed E-state index contributed by atoms with van der Waals surface area (Å²) in [6, 6.07) is 1.15. The van der Waals surface area contributed by atoms with Gasteiger partial charge in [-0.05, 0) is 12.1 Å². The normalized spacial score (nSPS) is 14.7. The molecule has 0 radical (unpaired) electrons. The van der Waals surface area contributed by atoms with Crippen LogP contribution in [0.2, 0.25) is 0 Å². The van der Waals surface area contributed by atoms with Crippen molar-refractivity contribution in [1.29, 1.82) is 0 Å². The molecule has 0 aliphatic heterocycles. The van der Waals surface area contributed by atoms with E-state index in [2.05, 4.69) is 0 Å². The van der Waals surface area contributed by atoms with E-state index in [-0.39, 0.29) is 12.2 Å². The standard InChI is InChI=1S/C7H8F3NO/c8-7(9,10)6(11)4-5-2-1-3-12-5/h1-3,6H,4,11H2/t6-/m1/s1. The molecule has 0 aromatic carbocycles. The highest BCUT2D eigenvalue weighted by atomic mass is 19.4. The topological polar surface area (TPSA) is 39.2 Å². The molecule has 0 aliphatic carbocycles. The molecule has 0 aliphatic rings. The fraction of sp³-hybridized carbons (Fsp3) is 0.429. The molecule has 1 aromatic rings. The van der Waals surface area contributed by atoms with E-state index >= 15 is 0 Å². The zero-order chi connectivity index (χ0) is 9.19. The SMILES string of the molecule is N[C@H](Cc1ccco1)C(F)(F)F. The van der Waals surface area contributed by atoms with Gasteiger partial charge in [0.2, 0.25) is 0 Å². The summed E-state index contributed by atoms with van der Waals surface area (Å²) in [4.78, 5) is 0. The highest BCUT2D eigenvalue weighted by Gasteiger charge is 2.36. The van der Waals surface area contributed by atoms with Crippen LogP contribution in [0.1, 0.15) is 5.76 Å². The number of hydrogen-bond acceptors (Lipinski definition) is 2. The molecule has 0 bridgehead atoms. The van der Waals surface area contributed by atoms with Gasteiger partial charge in [-0.3, -0.25) is 0 Å². The van der Waals surface area contributed by atoms with E-state index in [9.17, 15) is 13.2 Å². The molecule has 1 aromatic heterocycles. The van der Waals surface area contributed by atoms with E-state index in [4.69, 9.17) is 10.2 Å². The van der Waals surface area contributed by atoms with E-state index < -0.39 is 12.2 Å². The molecule has 1 heterocycles. The van der Waals surface area contributed by atoms with Crippen LogP contribution in [0.4, 0.5) is 13.2 Å². The molecule has 1 rings (SSSR count). The molecular formula is C7H8F3NO. The predicted molar refractivity (Wildman–Crippen MR) is 36.4 cm³/mol. The van der Waals surface area contributed by atoms with E-state index in [0.717, 1.165) is 0 Å². The van der Waals surface area contributed by atoms with Gasteiger partial charge < -0.3 is 10.2 Å². The van der Waals surface area contributed by atoms with Gasteiger partial charge in [-0.25, -0.2) is 0 Å². The van der Waals surface area contributed by atoms with Crippen LogP contribution < -0.4 is 5.73 Å². The van der Waals surface area contributed by atoms with Crippen LogP contribution in [0.3, 0.4) is 0 Å². The average molecular weight is 179 g/mol. The van der Waals surface area contributed by atoms with Crippen molar-refractivity contribution >= 4 is 0 Å². The maximum Gasteiger partial charge on any atom is 0.404 e. The lowest BCUT2D eigenvalue weighted by atomic mass is 10.2. The van der Waals surface area contributed by atoms with Crippen molar-refractivity contribution in [3.8, 4) is 0 Å². The van der Waals surface area contributed by atoms with Crippen LogP contribution in [0, 0.1) is 0 Å². The summed E-state index contributed by atoms with van der Waals surface area (Å²) < 4.78 is 40.3. The molecular weight excluding hydrogens is 171 g/mol. The number of furan rings is 1. The molecule has 2 nitrogen and oxygen atoms in total. The summed E-state index contributed by atoms with van der Waals surface area (Å²) in [6.45, 7) is 0. The number of rotatable bonds is 2. The lowest BCUT2D eigenvalue weighted by molar-refractivity contribution is -0.147. The Balaban J connectivity index is 2.53. The molecule has 2 N–H and O–H groups in total. The van der Waals surface area contributed by atoms with Gasteiger partial charge in [0.25, 0.3) is 0 Å². The molecule has 68 valence electrons. The van der Waals surface area contributed by atoms with Crippen molar-refractivity contribution in [1.82, 2.24) is 0 Å². The number of alkyl halides is 3. The maximum absolute atomic E-state index is 11.9. The Morgan fingerprint density at radius 1 is 1.50 bits per heavy atom. The fourth-order valence-corrected chi connectivity index (χ4v) is 0.761. The van der Waals surface area contributed by atoms with Crippen LogP contribution in [0.25, 0.3) is 0 Å². The molecule has 0 saturated heterocycles. The summed E-state index contributed by atoms with van der Waals surface area (Å²) >= 11 is 0. The molecule has 1 atom stereocenters. The second-order valence-electron chi connectivity index (χ2n) is 2.43. The third kappa shape index (κ3) is 2.27. The van der Waals surface area contributed by atoms with Crippen molar-refractivity contribution in [2.24, 2.45) is 5.73 Å². The summed E-state index contributed by atoms with van der Waals surface area (Å²) in [6.07, 6.45) is -3.35. The predicted octanol–water partition coefficient (Wildman–Crippen LogP) is 1.71. The Labute approximate surface area is 67.2 Å². The summed E-state index contributed by atoms with van der Waals surface area (Å²) in [5, 5.41) is 0. The van der Waals surface area contributed by atoms with Crippen molar-refractivity contribution in [3.05, 3.63) is 24.2 Å². The van der Waals surface area contributed by atoms with Crippen molar-refractivity contribution < 1.29 is 17.6 Å². The van der Waals surface area contributed by atoms with E-state index in [0.29, 0.717) is 0 Å². The minimum atomic E-state index is -4.35. The Morgan fingerprint density at radius 2 is 2.17 bits per heavy atom. The first kappa shape index (κ1) is 9.12. The molecule has 0 unspecified atom stereocenters. The van der Waals surface area contributed by atoms with Crippen LogP contribution in [-0.2, 0) is 6.42 Å². The third-order valence-electron chi connectivity index (χ3n) is 1.42. The summed E-state index contributed by atoms with van der Waals surface area (Å²) in [5.74, 6) is 0.250. The monoisotopic (exact) mass is 179 g/mol. The zero-order valence-corrected chi connectivity index (χ0v) is 6.14. The second kappa shape index (κ2) is 3.18. The van der Waals surface area contributed by atoms with Gasteiger partial charge in [-0.15, -0.1) is 0 Å². The molecule has 5 heteroatoms. The first-order valence-corrected chi connectivity index (χ1v) is 3.35. The van der Waals surface area contributed by atoms with Crippen LogP contribution in [0.15, 0.2) is 22.8 Å². The number of halogens is 3. The first-order chi connectivity index (χ1) is 5.50. The van der Waals surface area contributed by atoms with E-state index in [1.54, 1.807) is 0 Å². The fourth-order valence-electron chi connectivity index (χ4n) is 0.761. The lowest BCUT2D eigenvalue weighted by Crippen LogP contribution is -2.38. The van der Waals surface area contributed by atoms with E-state index in [1.807, 2.05) is 0 Å². The molecule has 0 saturated carbocycles. The highest BCUT2D eigenvalue weighted by Crippen LogP contribution is 2.21. The Hall–Kier alpha value is -0.970. The number of nitrogens with two attached hydrogens (primary N) is 1. The molecule has 0 fully saturated rings. The zero-order valence-electron chi connectivity index (χ0n) is 6.14.